The number of carbonyl (C=O) groups excluding carboxylic acids is 2. The van der Waals surface area contributed by atoms with Gasteiger partial charge in [0.1, 0.15) is 18.4 Å². The van der Waals surface area contributed by atoms with Crippen molar-refractivity contribution in [1.82, 2.24) is 10.2 Å². The van der Waals surface area contributed by atoms with E-state index in [0.717, 1.165) is 16.6 Å². The Kier molecular flexibility index (Phi) is 8.41. The Morgan fingerprint density at radius 3 is 2.42 bits per heavy atom. The summed E-state index contributed by atoms with van der Waals surface area (Å²) in [5.74, 6) is -1.63. The molecule has 0 aliphatic carbocycles. The predicted molar refractivity (Wildman–Crippen MR) is 119 cm³/mol. The molecule has 0 bridgehead atoms. The van der Waals surface area contributed by atoms with Crippen molar-refractivity contribution in [3.63, 3.8) is 0 Å². The molecule has 31 heavy (non-hydrogen) atoms. The first-order valence-corrected chi connectivity index (χ1v) is 11.8. The molecule has 1 unspecified atom stereocenters. The van der Waals surface area contributed by atoms with Crippen molar-refractivity contribution in [1.29, 1.82) is 0 Å². The molecule has 0 radical (unpaired) electrons. The summed E-state index contributed by atoms with van der Waals surface area (Å²) in [5, 5.41) is 3.13. The van der Waals surface area contributed by atoms with Crippen LogP contribution in [-0.4, -0.2) is 50.5 Å². The van der Waals surface area contributed by atoms with E-state index in [1.165, 1.54) is 23.1 Å². The molecule has 2 rings (SSSR count). The van der Waals surface area contributed by atoms with Crippen molar-refractivity contribution in [2.45, 2.75) is 26.4 Å². The number of halogens is 2. The first-order valence-electron chi connectivity index (χ1n) is 9.57. The van der Waals surface area contributed by atoms with E-state index in [2.05, 4.69) is 5.32 Å². The highest BCUT2D eigenvalue weighted by Gasteiger charge is 2.30. The molecule has 168 valence electrons. The van der Waals surface area contributed by atoms with Crippen molar-refractivity contribution in [2.75, 3.05) is 23.7 Å². The van der Waals surface area contributed by atoms with Gasteiger partial charge in [0.15, 0.2) is 0 Å². The molecule has 2 amide bonds. The number of sulfonamides is 1. The average molecular weight is 470 g/mol. The molecule has 10 heteroatoms. The zero-order valence-electron chi connectivity index (χ0n) is 17.5. The second-order valence-electron chi connectivity index (χ2n) is 6.97. The third kappa shape index (κ3) is 6.93. The standard InChI is InChI=1S/C21H25ClFN3O4S/c1-4-24-21(28)15(2)25(13-16-7-5-8-17(22)11-16)20(27)14-26(31(3,29)30)19-10-6-9-18(23)12-19/h5-12,15H,4,13-14H2,1-3H3,(H,24,28). The van der Waals surface area contributed by atoms with E-state index in [0.29, 0.717) is 17.1 Å². The lowest BCUT2D eigenvalue weighted by Gasteiger charge is -2.31. The molecule has 0 aromatic heterocycles. The third-order valence-electron chi connectivity index (χ3n) is 4.54. The van der Waals surface area contributed by atoms with E-state index in [1.54, 1.807) is 38.1 Å². The van der Waals surface area contributed by atoms with Crippen LogP contribution in [0, 0.1) is 5.82 Å². The minimum absolute atomic E-state index is 0.0178. The van der Waals surface area contributed by atoms with Crippen LogP contribution >= 0.6 is 11.6 Å². The summed E-state index contributed by atoms with van der Waals surface area (Å²) < 4.78 is 39.2. The number of hydrogen-bond acceptors (Lipinski definition) is 4. The molecule has 2 aromatic carbocycles. The molecule has 0 spiro atoms. The summed E-state index contributed by atoms with van der Waals surface area (Å²) in [5.41, 5.74) is 0.692. The van der Waals surface area contributed by atoms with Gasteiger partial charge in [-0.3, -0.25) is 13.9 Å². The van der Waals surface area contributed by atoms with E-state index >= 15 is 0 Å². The highest BCUT2D eigenvalue weighted by molar-refractivity contribution is 7.92. The van der Waals surface area contributed by atoms with Crippen LogP contribution in [0.3, 0.4) is 0 Å². The minimum atomic E-state index is -3.90. The Morgan fingerprint density at radius 2 is 1.84 bits per heavy atom. The Morgan fingerprint density at radius 1 is 1.16 bits per heavy atom. The zero-order valence-corrected chi connectivity index (χ0v) is 19.1. The van der Waals surface area contributed by atoms with Crippen LogP contribution in [0.4, 0.5) is 10.1 Å². The van der Waals surface area contributed by atoms with Gasteiger partial charge in [-0.25, -0.2) is 12.8 Å². The highest BCUT2D eigenvalue weighted by atomic mass is 35.5. The maximum Gasteiger partial charge on any atom is 0.244 e. The largest absolute Gasteiger partial charge is 0.355 e. The summed E-state index contributed by atoms with van der Waals surface area (Å²) >= 11 is 6.03. The van der Waals surface area contributed by atoms with Gasteiger partial charge in [-0.15, -0.1) is 0 Å². The van der Waals surface area contributed by atoms with Gasteiger partial charge in [0.25, 0.3) is 0 Å². The monoisotopic (exact) mass is 469 g/mol. The van der Waals surface area contributed by atoms with Crippen LogP contribution in [0.15, 0.2) is 48.5 Å². The Hall–Kier alpha value is -2.65. The number of likely N-dealkylation sites (N-methyl/N-ethyl adjacent to an activating group) is 1. The van der Waals surface area contributed by atoms with Crippen LogP contribution in [-0.2, 0) is 26.2 Å². The van der Waals surface area contributed by atoms with Crippen molar-refractivity contribution in [2.24, 2.45) is 0 Å². The van der Waals surface area contributed by atoms with Gasteiger partial charge < -0.3 is 10.2 Å². The SMILES string of the molecule is CCNC(=O)C(C)N(Cc1cccc(Cl)c1)C(=O)CN(c1cccc(F)c1)S(C)(=O)=O. The zero-order chi connectivity index (χ0) is 23.2. The maximum absolute atomic E-state index is 13.7. The number of nitrogens with zero attached hydrogens (tertiary/aromatic N) is 2. The topological polar surface area (TPSA) is 86.8 Å². The summed E-state index contributed by atoms with van der Waals surface area (Å²) in [6, 6.07) is 10.9. The molecule has 1 N–H and O–H groups in total. The van der Waals surface area contributed by atoms with E-state index in [1.807, 2.05) is 0 Å². The van der Waals surface area contributed by atoms with Gasteiger partial charge in [-0.1, -0.05) is 29.8 Å². The smallest absolute Gasteiger partial charge is 0.244 e. The van der Waals surface area contributed by atoms with Gasteiger partial charge in [-0.2, -0.15) is 0 Å². The van der Waals surface area contributed by atoms with Crippen LogP contribution in [0.5, 0.6) is 0 Å². The van der Waals surface area contributed by atoms with Crippen molar-refractivity contribution in [3.05, 3.63) is 64.9 Å². The quantitative estimate of drug-likeness (QED) is 0.611. The minimum Gasteiger partial charge on any atom is -0.355 e. The predicted octanol–water partition coefficient (Wildman–Crippen LogP) is 2.80. The molecule has 0 heterocycles. The molecule has 7 nitrogen and oxygen atoms in total. The van der Waals surface area contributed by atoms with Crippen molar-refractivity contribution >= 4 is 39.1 Å². The van der Waals surface area contributed by atoms with Crippen molar-refractivity contribution in [3.8, 4) is 0 Å². The lowest BCUT2D eigenvalue weighted by molar-refractivity contribution is -0.139. The summed E-state index contributed by atoms with van der Waals surface area (Å²) in [7, 11) is -3.90. The summed E-state index contributed by atoms with van der Waals surface area (Å²) in [4.78, 5) is 26.9. The lowest BCUT2D eigenvalue weighted by Crippen LogP contribution is -2.51. The molecule has 0 saturated carbocycles. The van der Waals surface area contributed by atoms with E-state index in [4.69, 9.17) is 11.6 Å². The van der Waals surface area contributed by atoms with Gasteiger partial charge >= 0.3 is 0 Å². The van der Waals surface area contributed by atoms with Crippen LogP contribution < -0.4 is 9.62 Å². The fourth-order valence-corrected chi connectivity index (χ4v) is 4.04. The second kappa shape index (κ2) is 10.6. The average Bonchev–Trinajstić information content (AvgIpc) is 2.69. The Bertz CT molecular complexity index is 1050. The van der Waals surface area contributed by atoms with Gasteiger partial charge in [0.05, 0.1) is 11.9 Å². The fourth-order valence-electron chi connectivity index (χ4n) is 2.98. The maximum atomic E-state index is 13.7. The number of amides is 2. The third-order valence-corrected chi connectivity index (χ3v) is 5.91. The van der Waals surface area contributed by atoms with E-state index < -0.39 is 34.3 Å². The van der Waals surface area contributed by atoms with Gasteiger partial charge in [-0.05, 0) is 49.7 Å². The second-order valence-corrected chi connectivity index (χ2v) is 9.31. The molecule has 0 saturated heterocycles. The molecular formula is C21H25ClFN3O4S. The number of nitrogens with one attached hydrogen (secondary N) is 1. The number of carbonyl (C=O) groups is 2. The summed E-state index contributed by atoms with van der Waals surface area (Å²) in [6.07, 6.45) is 0.930. The van der Waals surface area contributed by atoms with E-state index in [9.17, 15) is 22.4 Å². The fraction of sp³-hybridized carbons (Fsp3) is 0.333. The first kappa shape index (κ1) is 24.6. The van der Waals surface area contributed by atoms with Crippen LogP contribution in [0.1, 0.15) is 19.4 Å². The molecule has 0 fully saturated rings. The normalized spacial score (nSPS) is 12.2. The van der Waals surface area contributed by atoms with E-state index in [-0.39, 0.29) is 18.1 Å². The molecular weight excluding hydrogens is 445 g/mol. The molecule has 2 aromatic rings. The number of benzene rings is 2. The number of rotatable bonds is 9. The molecule has 1 atom stereocenters. The Balaban J connectivity index is 2.38. The van der Waals surface area contributed by atoms with Gasteiger partial charge in [0, 0.05) is 18.1 Å². The first-order chi connectivity index (χ1) is 14.5. The summed E-state index contributed by atoms with van der Waals surface area (Å²) in [6.45, 7) is 3.13. The molecule has 0 aliphatic heterocycles. The lowest BCUT2D eigenvalue weighted by atomic mass is 10.1. The highest BCUT2D eigenvalue weighted by Crippen LogP contribution is 2.20. The molecule has 0 aliphatic rings. The Labute approximate surface area is 186 Å². The number of anilines is 1. The van der Waals surface area contributed by atoms with Gasteiger partial charge in [0.2, 0.25) is 21.8 Å². The van der Waals surface area contributed by atoms with Crippen molar-refractivity contribution < 1.29 is 22.4 Å². The van der Waals surface area contributed by atoms with Crippen LogP contribution in [0.2, 0.25) is 5.02 Å². The van der Waals surface area contributed by atoms with Crippen LogP contribution in [0.25, 0.3) is 0 Å². The number of hydrogen-bond donors (Lipinski definition) is 1.